The molecule has 0 radical (unpaired) electrons. The molecule has 2 rings (SSSR count). The average molecular weight is 277 g/mol. The molecule has 0 bridgehead atoms. The SMILES string of the molecule is CC(C)n1cncc1CN1CCOC(C(F)(F)F)C1. The number of hydrogen-bond acceptors (Lipinski definition) is 3. The van der Waals surface area contributed by atoms with Crippen LogP contribution in [0.3, 0.4) is 0 Å². The highest BCUT2D eigenvalue weighted by Gasteiger charge is 2.43. The summed E-state index contributed by atoms with van der Waals surface area (Å²) in [6.45, 7) is 5.00. The van der Waals surface area contributed by atoms with E-state index in [0.717, 1.165) is 5.69 Å². The summed E-state index contributed by atoms with van der Waals surface area (Å²) in [6, 6.07) is 0.247. The van der Waals surface area contributed by atoms with Gasteiger partial charge in [0.15, 0.2) is 6.10 Å². The molecular formula is C12H18F3N3O. The van der Waals surface area contributed by atoms with Crippen molar-refractivity contribution >= 4 is 0 Å². The van der Waals surface area contributed by atoms with E-state index >= 15 is 0 Å². The van der Waals surface area contributed by atoms with Gasteiger partial charge < -0.3 is 9.30 Å². The molecule has 1 saturated heterocycles. The Morgan fingerprint density at radius 3 is 2.84 bits per heavy atom. The fourth-order valence-electron chi connectivity index (χ4n) is 2.19. The highest BCUT2D eigenvalue weighted by Crippen LogP contribution is 2.26. The third kappa shape index (κ3) is 3.48. The fraction of sp³-hybridized carbons (Fsp3) is 0.750. The zero-order valence-electron chi connectivity index (χ0n) is 11.0. The van der Waals surface area contributed by atoms with E-state index in [4.69, 9.17) is 4.74 Å². The first kappa shape index (κ1) is 14.3. The average Bonchev–Trinajstić information content (AvgIpc) is 2.76. The zero-order chi connectivity index (χ0) is 14.0. The predicted octanol–water partition coefficient (Wildman–Crippen LogP) is 2.23. The number of aromatic nitrogens is 2. The Morgan fingerprint density at radius 1 is 1.47 bits per heavy atom. The molecule has 2 heterocycles. The lowest BCUT2D eigenvalue weighted by Gasteiger charge is -2.33. The normalized spacial score (nSPS) is 22.1. The van der Waals surface area contributed by atoms with Crippen molar-refractivity contribution in [3.05, 3.63) is 18.2 Å². The van der Waals surface area contributed by atoms with Gasteiger partial charge in [0.25, 0.3) is 0 Å². The molecule has 1 unspecified atom stereocenters. The molecule has 1 fully saturated rings. The minimum atomic E-state index is -4.29. The van der Waals surface area contributed by atoms with Crippen molar-refractivity contribution in [3.8, 4) is 0 Å². The summed E-state index contributed by atoms with van der Waals surface area (Å²) in [6.07, 6.45) is -2.56. The van der Waals surface area contributed by atoms with Gasteiger partial charge in [-0.3, -0.25) is 4.90 Å². The molecule has 0 saturated carbocycles. The van der Waals surface area contributed by atoms with Crippen LogP contribution in [0.15, 0.2) is 12.5 Å². The summed E-state index contributed by atoms with van der Waals surface area (Å²) in [7, 11) is 0. The first-order valence-electron chi connectivity index (χ1n) is 6.29. The molecule has 1 aromatic heterocycles. The van der Waals surface area contributed by atoms with Crippen LogP contribution in [0.1, 0.15) is 25.6 Å². The molecule has 0 aliphatic carbocycles. The monoisotopic (exact) mass is 277 g/mol. The number of rotatable bonds is 3. The van der Waals surface area contributed by atoms with Crippen LogP contribution in [-0.2, 0) is 11.3 Å². The Balaban J connectivity index is 2.01. The summed E-state index contributed by atoms with van der Waals surface area (Å²) in [4.78, 5) is 5.82. The molecule has 1 aliphatic rings. The van der Waals surface area contributed by atoms with Gasteiger partial charge in [-0.2, -0.15) is 13.2 Å². The molecule has 19 heavy (non-hydrogen) atoms. The van der Waals surface area contributed by atoms with E-state index in [1.54, 1.807) is 17.4 Å². The highest BCUT2D eigenvalue weighted by molar-refractivity contribution is 5.00. The number of nitrogens with zero attached hydrogens (tertiary/aromatic N) is 3. The molecule has 7 heteroatoms. The summed E-state index contributed by atoms with van der Waals surface area (Å²) < 4.78 is 44.6. The van der Waals surface area contributed by atoms with E-state index in [1.165, 1.54) is 0 Å². The molecule has 108 valence electrons. The van der Waals surface area contributed by atoms with E-state index in [1.807, 2.05) is 18.4 Å². The van der Waals surface area contributed by atoms with Gasteiger partial charge in [-0.15, -0.1) is 0 Å². The van der Waals surface area contributed by atoms with E-state index < -0.39 is 12.3 Å². The minimum Gasteiger partial charge on any atom is -0.366 e. The van der Waals surface area contributed by atoms with Gasteiger partial charge >= 0.3 is 6.18 Å². The number of hydrogen-bond donors (Lipinski definition) is 0. The largest absolute Gasteiger partial charge is 0.415 e. The molecular weight excluding hydrogens is 259 g/mol. The Morgan fingerprint density at radius 2 is 2.21 bits per heavy atom. The van der Waals surface area contributed by atoms with E-state index in [0.29, 0.717) is 13.1 Å². The second kappa shape index (κ2) is 5.50. The van der Waals surface area contributed by atoms with Crippen LogP contribution in [0.4, 0.5) is 13.2 Å². The lowest BCUT2D eigenvalue weighted by atomic mass is 10.2. The van der Waals surface area contributed by atoms with Gasteiger partial charge in [-0.05, 0) is 13.8 Å². The highest BCUT2D eigenvalue weighted by atomic mass is 19.4. The van der Waals surface area contributed by atoms with Crippen molar-refractivity contribution in [1.82, 2.24) is 14.5 Å². The van der Waals surface area contributed by atoms with Crippen LogP contribution >= 0.6 is 0 Å². The number of ether oxygens (including phenoxy) is 1. The molecule has 1 aliphatic heterocycles. The van der Waals surface area contributed by atoms with Crippen molar-refractivity contribution in [2.45, 2.75) is 38.7 Å². The van der Waals surface area contributed by atoms with Crippen molar-refractivity contribution in [2.75, 3.05) is 19.7 Å². The van der Waals surface area contributed by atoms with Crippen molar-refractivity contribution in [2.24, 2.45) is 0 Å². The summed E-state index contributed by atoms with van der Waals surface area (Å²) in [5.74, 6) is 0. The number of imidazole rings is 1. The molecule has 0 aromatic carbocycles. The van der Waals surface area contributed by atoms with Crippen LogP contribution in [0.25, 0.3) is 0 Å². The topological polar surface area (TPSA) is 30.3 Å². The Hall–Kier alpha value is -1.08. The third-order valence-electron chi connectivity index (χ3n) is 3.20. The molecule has 0 spiro atoms. The fourth-order valence-corrected chi connectivity index (χ4v) is 2.19. The lowest BCUT2D eigenvalue weighted by Crippen LogP contribution is -2.48. The van der Waals surface area contributed by atoms with Crippen LogP contribution in [0, 0.1) is 0 Å². The van der Waals surface area contributed by atoms with Crippen LogP contribution < -0.4 is 0 Å². The maximum atomic E-state index is 12.6. The summed E-state index contributed by atoms with van der Waals surface area (Å²) >= 11 is 0. The smallest absolute Gasteiger partial charge is 0.366 e. The van der Waals surface area contributed by atoms with Crippen molar-refractivity contribution in [3.63, 3.8) is 0 Å². The van der Waals surface area contributed by atoms with Gasteiger partial charge in [0, 0.05) is 31.9 Å². The zero-order valence-corrected chi connectivity index (χ0v) is 11.0. The second-order valence-electron chi connectivity index (χ2n) is 5.02. The maximum absolute atomic E-state index is 12.6. The first-order valence-corrected chi connectivity index (χ1v) is 6.29. The van der Waals surface area contributed by atoms with E-state index in [9.17, 15) is 13.2 Å². The van der Waals surface area contributed by atoms with Crippen LogP contribution in [-0.4, -0.2) is 46.4 Å². The Labute approximate surface area is 110 Å². The van der Waals surface area contributed by atoms with Gasteiger partial charge in [-0.25, -0.2) is 4.98 Å². The van der Waals surface area contributed by atoms with E-state index in [2.05, 4.69) is 4.98 Å². The predicted molar refractivity (Wildman–Crippen MR) is 63.7 cm³/mol. The maximum Gasteiger partial charge on any atom is 0.415 e. The first-order chi connectivity index (χ1) is 8.88. The molecule has 0 amide bonds. The number of halogens is 3. The number of morpholine rings is 1. The van der Waals surface area contributed by atoms with Gasteiger partial charge in [0.2, 0.25) is 0 Å². The number of alkyl halides is 3. The lowest BCUT2D eigenvalue weighted by molar-refractivity contribution is -0.237. The van der Waals surface area contributed by atoms with E-state index in [-0.39, 0.29) is 19.2 Å². The third-order valence-corrected chi connectivity index (χ3v) is 3.20. The van der Waals surface area contributed by atoms with Crippen molar-refractivity contribution < 1.29 is 17.9 Å². The standard InChI is InChI=1S/C12H18F3N3O/c1-9(2)18-8-16-5-10(18)6-17-3-4-19-11(7-17)12(13,14)15/h5,8-9,11H,3-4,6-7H2,1-2H3. The molecule has 1 aromatic rings. The van der Waals surface area contributed by atoms with Gasteiger partial charge in [0.1, 0.15) is 0 Å². The quantitative estimate of drug-likeness (QED) is 0.848. The van der Waals surface area contributed by atoms with Crippen LogP contribution in [0.2, 0.25) is 0 Å². The second-order valence-corrected chi connectivity index (χ2v) is 5.02. The Bertz CT molecular complexity index is 417. The molecule has 1 atom stereocenters. The minimum absolute atomic E-state index is 0.111. The Kier molecular flexibility index (Phi) is 4.15. The van der Waals surface area contributed by atoms with Crippen molar-refractivity contribution in [1.29, 1.82) is 0 Å². The summed E-state index contributed by atoms with van der Waals surface area (Å²) in [5, 5.41) is 0. The molecule has 4 nitrogen and oxygen atoms in total. The molecule has 0 N–H and O–H groups in total. The van der Waals surface area contributed by atoms with Gasteiger partial charge in [0.05, 0.1) is 18.6 Å². The summed E-state index contributed by atoms with van der Waals surface area (Å²) in [5.41, 5.74) is 0.929. The van der Waals surface area contributed by atoms with Crippen LogP contribution in [0.5, 0.6) is 0 Å². The van der Waals surface area contributed by atoms with Gasteiger partial charge in [-0.1, -0.05) is 0 Å².